The largest absolute Gasteiger partial charge is 0.492 e. The summed E-state index contributed by atoms with van der Waals surface area (Å²) in [4.78, 5) is 6.92. The van der Waals surface area contributed by atoms with Gasteiger partial charge in [0.05, 0.1) is 6.54 Å². The van der Waals surface area contributed by atoms with E-state index in [1.807, 2.05) is 19.2 Å². The fraction of sp³-hybridized carbons (Fsp3) is 0.667. The van der Waals surface area contributed by atoms with Crippen LogP contribution >= 0.6 is 0 Å². The number of hydrogen-bond acceptors (Lipinski definition) is 3. The molecule has 0 saturated carbocycles. The van der Waals surface area contributed by atoms with E-state index >= 15 is 0 Å². The van der Waals surface area contributed by atoms with Crippen LogP contribution in [0.4, 0.5) is 0 Å². The van der Waals surface area contributed by atoms with Crippen LogP contribution in [0.15, 0.2) is 29.3 Å². The van der Waals surface area contributed by atoms with Gasteiger partial charge in [0.1, 0.15) is 12.4 Å². The van der Waals surface area contributed by atoms with Crippen molar-refractivity contribution in [3.63, 3.8) is 0 Å². The van der Waals surface area contributed by atoms with Crippen LogP contribution < -0.4 is 15.4 Å². The van der Waals surface area contributed by atoms with E-state index in [4.69, 9.17) is 4.74 Å². The van der Waals surface area contributed by atoms with Crippen molar-refractivity contribution in [2.75, 3.05) is 46.4 Å². The van der Waals surface area contributed by atoms with E-state index in [2.05, 4.69) is 53.4 Å². The average Bonchev–Trinajstić information content (AvgIpc) is 2.62. The molecule has 1 unspecified atom stereocenters. The van der Waals surface area contributed by atoms with Crippen LogP contribution in [0.5, 0.6) is 5.75 Å². The second kappa shape index (κ2) is 11.1. The van der Waals surface area contributed by atoms with Gasteiger partial charge in [-0.15, -0.1) is 0 Å². The molecule has 5 heteroatoms. The van der Waals surface area contributed by atoms with Gasteiger partial charge in [0, 0.05) is 26.7 Å². The summed E-state index contributed by atoms with van der Waals surface area (Å²) in [6.07, 6.45) is 2.60. The maximum atomic E-state index is 5.75. The second-order valence-electron chi connectivity index (χ2n) is 7.70. The third-order valence-corrected chi connectivity index (χ3v) is 4.69. The SMILES string of the molecule is CN=C(NCCOc1ccc(C)cc1)NCC1CCCN(CC(C)C)C1. The number of nitrogens with one attached hydrogen (secondary N) is 2. The van der Waals surface area contributed by atoms with Crippen molar-refractivity contribution in [1.29, 1.82) is 0 Å². The lowest BCUT2D eigenvalue weighted by molar-refractivity contribution is 0.159. The zero-order chi connectivity index (χ0) is 18.8. The average molecular weight is 361 g/mol. The highest BCUT2D eigenvalue weighted by molar-refractivity contribution is 5.79. The van der Waals surface area contributed by atoms with Crippen molar-refractivity contribution in [3.8, 4) is 5.75 Å². The molecule has 146 valence electrons. The zero-order valence-electron chi connectivity index (χ0n) is 16.9. The van der Waals surface area contributed by atoms with E-state index in [1.165, 1.54) is 38.0 Å². The highest BCUT2D eigenvalue weighted by Gasteiger charge is 2.20. The molecule has 1 aliphatic heterocycles. The van der Waals surface area contributed by atoms with Crippen LogP contribution in [0.1, 0.15) is 32.3 Å². The zero-order valence-corrected chi connectivity index (χ0v) is 16.9. The summed E-state index contributed by atoms with van der Waals surface area (Å²) in [6, 6.07) is 8.15. The number of hydrogen-bond donors (Lipinski definition) is 2. The molecule has 0 aliphatic carbocycles. The maximum absolute atomic E-state index is 5.75. The molecular weight excluding hydrogens is 324 g/mol. The number of piperidine rings is 1. The van der Waals surface area contributed by atoms with Crippen molar-refractivity contribution in [2.45, 2.75) is 33.6 Å². The Balaban J connectivity index is 1.63. The summed E-state index contributed by atoms with van der Waals surface area (Å²) in [5, 5.41) is 6.81. The van der Waals surface area contributed by atoms with Gasteiger partial charge in [0.2, 0.25) is 0 Å². The fourth-order valence-corrected chi connectivity index (χ4v) is 3.43. The Bertz CT molecular complexity index is 541. The Kier molecular flexibility index (Phi) is 8.75. The topological polar surface area (TPSA) is 48.9 Å². The van der Waals surface area contributed by atoms with Crippen LogP contribution in [-0.2, 0) is 0 Å². The molecule has 1 aliphatic rings. The van der Waals surface area contributed by atoms with Gasteiger partial charge in [-0.05, 0) is 50.3 Å². The molecule has 1 heterocycles. The molecule has 1 fully saturated rings. The van der Waals surface area contributed by atoms with Gasteiger partial charge in [-0.25, -0.2) is 0 Å². The summed E-state index contributed by atoms with van der Waals surface area (Å²) in [7, 11) is 1.82. The summed E-state index contributed by atoms with van der Waals surface area (Å²) >= 11 is 0. The van der Waals surface area contributed by atoms with Crippen LogP contribution in [0.2, 0.25) is 0 Å². The molecule has 1 atom stereocenters. The molecule has 5 nitrogen and oxygen atoms in total. The predicted octanol–water partition coefficient (Wildman–Crippen LogP) is 2.91. The molecule has 2 N–H and O–H groups in total. The first kappa shape index (κ1) is 20.6. The number of aryl methyl sites for hydroxylation is 1. The van der Waals surface area contributed by atoms with Crippen molar-refractivity contribution < 1.29 is 4.74 Å². The van der Waals surface area contributed by atoms with Gasteiger partial charge in [0.25, 0.3) is 0 Å². The third kappa shape index (κ3) is 7.65. The molecule has 1 aromatic carbocycles. The number of nitrogens with zero attached hydrogens (tertiary/aromatic N) is 2. The molecule has 0 aromatic heterocycles. The molecule has 0 bridgehead atoms. The van der Waals surface area contributed by atoms with E-state index < -0.39 is 0 Å². The highest BCUT2D eigenvalue weighted by atomic mass is 16.5. The molecule has 1 aromatic rings. The number of ether oxygens (including phenoxy) is 1. The molecule has 2 rings (SSSR count). The van der Waals surface area contributed by atoms with E-state index in [0.717, 1.165) is 30.7 Å². The van der Waals surface area contributed by atoms with Crippen molar-refractivity contribution in [1.82, 2.24) is 15.5 Å². The lowest BCUT2D eigenvalue weighted by Gasteiger charge is -2.34. The van der Waals surface area contributed by atoms with Crippen molar-refractivity contribution in [3.05, 3.63) is 29.8 Å². The Morgan fingerprint density at radius 3 is 2.73 bits per heavy atom. The summed E-state index contributed by atoms with van der Waals surface area (Å²) in [6.45, 7) is 12.7. The second-order valence-corrected chi connectivity index (χ2v) is 7.70. The van der Waals surface area contributed by atoms with Gasteiger partial charge in [-0.2, -0.15) is 0 Å². The molecule has 26 heavy (non-hydrogen) atoms. The van der Waals surface area contributed by atoms with Gasteiger partial charge in [0.15, 0.2) is 5.96 Å². The normalized spacial score (nSPS) is 18.8. The highest BCUT2D eigenvalue weighted by Crippen LogP contribution is 2.16. The van der Waals surface area contributed by atoms with Crippen LogP contribution in [-0.4, -0.2) is 57.2 Å². The molecule has 1 saturated heterocycles. The number of aliphatic imine (C=N–C) groups is 1. The first-order chi connectivity index (χ1) is 12.6. The Morgan fingerprint density at radius 1 is 1.27 bits per heavy atom. The summed E-state index contributed by atoms with van der Waals surface area (Å²) < 4.78 is 5.75. The van der Waals surface area contributed by atoms with E-state index in [-0.39, 0.29) is 0 Å². The van der Waals surface area contributed by atoms with Gasteiger partial charge < -0.3 is 20.3 Å². The summed E-state index contributed by atoms with van der Waals surface area (Å²) in [5.41, 5.74) is 1.25. The van der Waals surface area contributed by atoms with Crippen molar-refractivity contribution >= 4 is 5.96 Å². The van der Waals surface area contributed by atoms with E-state index in [0.29, 0.717) is 12.5 Å². The van der Waals surface area contributed by atoms with Gasteiger partial charge in [-0.1, -0.05) is 31.5 Å². The number of benzene rings is 1. The van der Waals surface area contributed by atoms with E-state index in [9.17, 15) is 0 Å². The van der Waals surface area contributed by atoms with Crippen LogP contribution in [0.3, 0.4) is 0 Å². The minimum absolute atomic E-state index is 0.620. The standard InChI is InChI=1S/C21H36N4O/c1-17(2)15-25-12-5-6-19(16-25)14-24-21(22-4)23-11-13-26-20-9-7-18(3)8-10-20/h7-10,17,19H,5-6,11-16H2,1-4H3,(H2,22,23,24). The minimum Gasteiger partial charge on any atom is -0.492 e. The molecule has 0 amide bonds. The van der Waals surface area contributed by atoms with E-state index in [1.54, 1.807) is 0 Å². The Labute approximate surface area is 159 Å². The Hall–Kier alpha value is -1.75. The monoisotopic (exact) mass is 360 g/mol. The number of rotatable bonds is 8. The van der Waals surface area contributed by atoms with Crippen LogP contribution in [0.25, 0.3) is 0 Å². The lowest BCUT2D eigenvalue weighted by Crippen LogP contribution is -2.45. The molecule has 0 radical (unpaired) electrons. The predicted molar refractivity (Wildman–Crippen MR) is 110 cm³/mol. The first-order valence-electron chi connectivity index (χ1n) is 9.93. The number of likely N-dealkylation sites (tertiary alicyclic amines) is 1. The smallest absolute Gasteiger partial charge is 0.191 e. The van der Waals surface area contributed by atoms with Gasteiger partial charge in [-0.3, -0.25) is 4.99 Å². The van der Waals surface area contributed by atoms with Crippen molar-refractivity contribution in [2.24, 2.45) is 16.8 Å². The third-order valence-electron chi connectivity index (χ3n) is 4.69. The lowest BCUT2D eigenvalue weighted by atomic mass is 9.97. The quantitative estimate of drug-likeness (QED) is 0.425. The minimum atomic E-state index is 0.620. The molecular formula is C21H36N4O. The fourth-order valence-electron chi connectivity index (χ4n) is 3.43. The molecule has 0 spiro atoms. The number of guanidine groups is 1. The van der Waals surface area contributed by atoms with Gasteiger partial charge >= 0.3 is 0 Å². The summed E-state index contributed by atoms with van der Waals surface area (Å²) in [5.74, 6) is 3.21. The van der Waals surface area contributed by atoms with Crippen LogP contribution in [0, 0.1) is 18.8 Å². The maximum Gasteiger partial charge on any atom is 0.191 e. The first-order valence-corrected chi connectivity index (χ1v) is 9.93. The Morgan fingerprint density at radius 2 is 2.04 bits per heavy atom.